The first kappa shape index (κ1) is 15.8. The highest BCUT2D eigenvalue weighted by Crippen LogP contribution is 2.16. The molecule has 1 aliphatic heterocycles. The molecule has 3 heterocycles. The highest BCUT2D eigenvalue weighted by molar-refractivity contribution is 5.32. The zero-order chi connectivity index (χ0) is 17.6. The number of halogens is 2. The van der Waals surface area contributed by atoms with Gasteiger partial charge in [0.05, 0.1) is 6.54 Å². The van der Waals surface area contributed by atoms with Crippen LogP contribution in [0.25, 0.3) is 5.69 Å². The quantitative estimate of drug-likeness (QED) is 0.725. The number of hydrogen-bond donors (Lipinski definition) is 0. The van der Waals surface area contributed by atoms with E-state index < -0.39 is 17.3 Å². The molecule has 0 saturated carbocycles. The number of nitrogens with zero attached hydrogens (tertiary/aromatic N) is 5. The molecule has 0 saturated heterocycles. The van der Waals surface area contributed by atoms with Gasteiger partial charge in [0.15, 0.2) is 5.82 Å². The van der Waals surface area contributed by atoms with Gasteiger partial charge in [0.1, 0.15) is 17.3 Å². The minimum Gasteiger partial charge on any atom is -0.357 e. The third-order valence-electron chi connectivity index (χ3n) is 4.38. The second kappa shape index (κ2) is 5.96. The maximum Gasteiger partial charge on any atom is 0.350 e. The zero-order valence-electron chi connectivity index (χ0n) is 13.7. The summed E-state index contributed by atoms with van der Waals surface area (Å²) in [6, 6.07) is 5.15. The number of hydrogen-bond acceptors (Lipinski definition) is 3. The van der Waals surface area contributed by atoms with Crippen molar-refractivity contribution < 1.29 is 8.78 Å². The van der Waals surface area contributed by atoms with E-state index in [4.69, 9.17) is 0 Å². The molecule has 130 valence electrons. The van der Waals surface area contributed by atoms with Crippen LogP contribution in [0.15, 0.2) is 41.5 Å². The van der Waals surface area contributed by atoms with Crippen LogP contribution in [-0.2, 0) is 26.7 Å². The van der Waals surface area contributed by atoms with Gasteiger partial charge in [-0.25, -0.2) is 13.6 Å². The van der Waals surface area contributed by atoms with Gasteiger partial charge < -0.3 is 4.57 Å². The van der Waals surface area contributed by atoms with E-state index in [0.717, 1.165) is 23.4 Å². The molecule has 0 spiro atoms. The van der Waals surface area contributed by atoms with E-state index in [2.05, 4.69) is 10.00 Å². The lowest BCUT2D eigenvalue weighted by Gasteiger charge is -2.25. The van der Waals surface area contributed by atoms with E-state index in [-0.39, 0.29) is 5.69 Å². The lowest BCUT2D eigenvalue weighted by Crippen LogP contribution is -2.37. The highest BCUT2D eigenvalue weighted by Gasteiger charge is 2.23. The van der Waals surface area contributed by atoms with Gasteiger partial charge in [-0.2, -0.15) is 4.68 Å². The van der Waals surface area contributed by atoms with Crippen LogP contribution in [0.3, 0.4) is 0 Å². The van der Waals surface area contributed by atoms with E-state index in [9.17, 15) is 13.6 Å². The molecular formula is C17H17F2N5O. The molecule has 0 N–H and O–H groups in total. The third kappa shape index (κ3) is 2.89. The predicted octanol–water partition coefficient (Wildman–Crippen LogP) is 1.67. The topological polar surface area (TPSA) is 48.0 Å². The number of rotatable bonds is 3. The summed E-state index contributed by atoms with van der Waals surface area (Å²) >= 11 is 0. The van der Waals surface area contributed by atoms with Crippen LogP contribution in [-0.4, -0.2) is 30.4 Å². The molecular weight excluding hydrogens is 328 g/mol. The van der Waals surface area contributed by atoms with E-state index in [1.807, 2.05) is 30.1 Å². The summed E-state index contributed by atoms with van der Waals surface area (Å²) in [5, 5.41) is 4.27. The van der Waals surface area contributed by atoms with Crippen molar-refractivity contribution in [2.45, 2.75) is 19.6 Å². The van der Waals surface area contributed by atoms with Crippen molar-refractivity contribution in [3.8, 4) is 5.69 Å². The molecule has 25 heavy (non-hydrogen) atoms. The van der Waals surface area contributed by atoms with Crippen LogP contribution < -0.4 is 5.69 Å². The number of benzene rings is 1. The summed E-state index contributed by atoms with van der Waals surface area (Å²) in [5.74, 6) is -0.915. The molecule has 3 aromatic rings. The lowest BCUT2D eigenvalue weighted by atomic mass is 10.3. The van der Waals surface area contributed by atoms with E-state index in [1.165, 1.54) is 11.6 Å². The first-order valence-electron chi connectivity index (χ1n) is 7.98. The molecule has 0 amide bonds. The first-order valence-corrected chi connectivity index (χ1v) is 7.98. The predicted molar refractivity (Wildman–Crippen MR) is 87.3 cm³/mol. The summed E-state index contributed by atoms with van der Waals surface area (Å²) in [4.78, 5) is 14.7. The molecule has 1 aromatic carbocycles. The molecule has 1 aliphatic rings. The maximum atomic E-state index is 14.0. The van der Waals surface area contributed by atoms with E-state index >= 15 is 0 Å². The summed E-state index contributed by atoms with van der Waals surface area (Å²) in [5.41, 5.74) is 0.741. The van der Waals surface area contributed by atoms with Gasteiger partial charge in [-0.15, -0.1) is 5.10 Å². The Balaban J connectivity index is 1.62. The third-order valence-corrected chi connectivity index (χ3v) is 4.38. The molecule has 4 rings (SSSR count). The standard InChI is InChI=1S/C17H17F2N5O/c1-21-5-4-12(9-21)10-22-6-7-23-16(11-22)20-24(17(23)25)15-3-2-13(18)8-14(15)19/h2-5,8-9H,6-7,10-11H2,1H3. The molecule has 6 nitrogen and oxygen atoms in total. The smallest absolute Gasteiger partial charge is 0.350 e. The minimum atomic E-state index is -0.807. The number of aryl methyl sites for hydroxylation is 1. The van der Waals surface area contributed by atoms with Crippen molar-refractivity contribution in [1.29, 1.82) is 0 Å². The van der Waals surface area contributed by atoms with Crippen molar-refractivity contribution in [3.05, 3.63) is 70.2 Å². The van der Waals surface area contributed by atoms with E-state index in [1.54, 1.807) is 4.57 Å². The minimum absolute atomic E-state index is 0.0390. The Bertz CT molecular complexity index is 987. The van der Waals surface area contributed by atoms with Gasteiger partial charge in [-0.3, -0.25) is 9.47 Å². The Morgan fingerprint density at radius 3 is 2.76 bits per heavy atom. The van der Waals surface area contributed by atoms with Crippen molar-refractivity contribution in [1.82, 2.24) is 23.8 Å². The van der Waals surface area contributed by atoms with Crippen molar-refractivity contribution in [2.24, 2.45) is 7.05 Å². The fourth-order valence-corrected chi connectivity index (χ4v) is 3.16. The SMILES string of the molecule is Cn1ccc(CN2CCn3c(nn(-c4ccc(F)cc4F)c3=O)C2)c1. The molecule has 8 heteroatoms. The molecule has 0 radical (unpaired) electrons. The Kier molecular flexibility index (Phi) is 3.76. The van der Waals surface area contributed by atoms with Gasteiger partial charge in [0, 0.05) is 45.1 Å². The summed E-state index contributed by atoms with van der Waals surface area (Å²) in [6.45, 7) is 2.45. The average molecular weight is 345 g/mol. The van der Waals surface area contributed by atoms with Crippen LogP contribution in [0.1, 0.15) is 11.4 Å². The number of aromatic nitrogens is 4. The Morgan fingerprint density at radius 2 is 2.04 bits per heavy atom. The van der Waals surface area contributed by atoms with Crippen molar-refractivity contribution in [2.75, 3.05) is 6.54 Å². The fourth-order valence-electron chi connectivity index (χ4n) is 3.16. The van der Waals surface area contributed by atoms with Crippen LogP contribution in [0.2, 0.25) is 0 Å². The first-order chi connectivity index (χ1) is 12.0. The van der Waals surface area contributed by atoms with Gasteiger partial charge in [0.25, 0.3) is 0 Å². The molecule has 0 aliphatic carbocycles. The van der Waals surface area contributed by atoms with Crippen LogP contribution in [0.4, 0.5) is 8.78 Å². The summed E-state index contributed by atoms with van der Waals surface area (Å²) in [6.07, 6.45) is 4.04. The van der Waals surface area contributed by atoms with Crippen LogP contribution >= 0.6 is 0 Å². The highest BCUT2D eigenvalue weighted by atomic mass is 19.1. The van der Waals surface area contributed by atoms with Crippen LogP contribution in [0, 0.1) is 11.6 Å². The Morgan fingerprint density at radius 1 is 1.20 bits per heavy atom. The second-order valence-corrected chi connectivity index (χ2v) is 6.25. The van der Waals surface area contributed by atoms with Gasteiger partial charge in [-0.1, -0.05) is 0 Å². The molecule has 0 unspecified atom stereocenters. The average Bonchev–Trinajstić information content (AvgIpc) is 3.11. The second-order valence-electron chi connectivity index (χ2n) is 6.25. The van der Waals surface area contributed by atoms with Crippen molar-refractivity contribution >= 4 is 0 Å². The molecule has 0 fully saturated rings. The Labute approximate surface area is 142 Å². The van der Waals surface area contributed by atoms with Crippen molar-refractivity contribution in [3.63, 3.8) is 0 Å². The molecule has 0 bridgehead atoms. The number of fused-ring (bicyclic) bond motifs is 1. The summed E-state index contributed by atoms with van der Waals surface area (Å²) < 4.78 is 31.6. The lowest BCUT2D eigenvalue weighted by molar-refractivity contribution is 0.207. The molecule has 2 aromatic heterocycles. The van der Waals surface area contributed by atoms with Crippen LogP contribution in [0.5, 0.6) is 0 Å². The fraction of sp³-hybridized carbons (Fsp3) is 0.294. The zero-order valence-corrected chi connectivity index (χ0v) is 13.7. The largest absolute Gasteiger partial charge is 0.357 e. The summed E-state index contributed by atoms with van der Waals surface area (Å²) in [7, 11) is 1.97. The maximum absolute atomic E-state index is 14.0. The Hall–Kier alpha value is -2.74. The normalized spacial score (nSPS) is 14.7. The van der Waals surface area contributed by atoms with E-state index in [0.29, 0.717) is 25.5 Å². The molecule has 0 atom stereocenters. The van der Waals surface area contributed by atoms with Gasteiger partial charge in [0.2, 0.25) is 0 Å². The monoisotopic (exact) mass is 345 g/mol. The van der Waals surface area contributed by atoms with Gasteiger partial charge >= 0.3 is 5.69 Å². The van der Waals surface area contributed by atoms with Gasteiger partial charge in [-0.05, 0) is 23.8 Å².